The molecule has 0 saturated heterocycles. The first-order valence-corrected chi connectivity index (χ1v) is 9.55. The van der Waals surface area contributed by atoms with Gasteiger partial charge in [-0.05, 0) is 48.6 Å². The molecule has 7 nitrogen and oxygen atoms in total. The van der Waals surface area contributed by atoms with Crippen molar-refractivity contribution in [2.75, 3.05) is 12.4 Å². The summed E-state index contributed by atoms with van der Waals surface area (Å²) in [7, 11) is 0.825. The molecule has 2 aromatic carbocycles. The maximum absolute atomic E-state index is 14.1. The second-order valence-electron chi connectivity index (χ2n) is 6.49. The topological polar surface area (TPSA) is 89.3 Å². The van der Waals surface area contributed by atoms with Crippen molar-refractivity contribution in [3.8, 4) is 17.2 Å². The van der Waals surface area contributed by atoms with Gasteiger partial charge in [-0.2, -0.15) is 13.8 Å². The molecule has 2 aromatic heterocycles. The lowest BCUT2D eigenvalue weighted by Gasteiger charge is -2.13. The Balaban J connectivity index is 1.47. The van der Waals surface area contributed by atoms with Crippen LogP contribution < -0.4 is 15.4 Å². The second kappa shape index (κ2) is 8.82. The highest BCUT2D eigenvalue weighted by molar-refractivity contribution is 7.80. The summed E-state index contributed by atoms with van der Waals surface area (Å²) in [6, 6.07) is 9.87. The number of methoxy groups -OCH3 is 1. The number of nitrogens with one attached hydrogen (secondary N) is 2. The molecule has 2 heterocycles. The fourth-order valence-corrected chi connectivity index (χ4v) is 3.12. The summed E-state index contributed by atoms with van der Waals surface area (Å²) in [5, 5.41) is 4.22. The van der Waals surface area contributed by atoms with Crippen molar-refractivity contribution in [3.05, 3.63) is 71.4 Å². The third-order valence-electron chi connectivity index (χ3n) is 4.44. The van der Waals surface area contributed by atoms with Crippen LogP contribution in [-0.4, -0.2) is 28.1 Å². The minimum atomic E-state index is -1.91. The van der Waals surface area contributed by atoms with E-state index in [1.807, 2.05) is 5.32 Å². The number of carbonyl (C=O) groups is 1. The normalized spacial score (nSPS) is 10.8. The molecule has 0 aliphatic rings. The molecule has 0 atom stereocenters. The van der Waals surface area contributed by atoms with Crippen LogP contribution >= 0.6 is 12.2 Å². The van der Waals surface area contributed by atoms with Crippen molar-refractivity contribution in [2.45, 2.75) is 0 Å². The minimum absolute atomic E-state index is 0.334. The fraction of sp³-hybridized carbons (Fsp3) is 0.0476. The van der Waals surface area contributed by atoms with Gasteiger partial charge in [0.25, 0.3) is 5.91 Å². The molecule has 0 spiro atoms. The van der Waals surface area contributed by atoms with Crippen LogP contribution in [0.5, 0.6) is 5.75 Å². The number of hydrogen-bond donors (Lipinski definition) is 2. The number of pyridine rings is 1. The Morgan fingerprint density at radius 3 is 2.30 bits per heavy atom. The van der Waals surface area contributed by atoms with Crippen LogP contribution in [0.2, 0.25) is 0 Å². The van der Waals surface area contributed by atoms with Crippen LogP contribution in [0.3, 0.4) is 0 Å². The number of anilines is 1. The quantitative estimate of drug-likeness (QED) is 0.253. The van der Waals surface area contributed by atoms with Crippen LogP contribution in [0.4, 0.5) is 23.2 Å². The number of amides is 1. The SMILES string of the molecule is COc1c(F)c(F)c(C(=O)NC(=S)Nc2ccc(-c3nc4ncccc4o3)cc2)c(F)c1F. The molecule has 4 rings (SSSR count). The van der Waals surface area contributed by atoms with Gasteiger partial charge in [-0.15, -0.1) is 0 Å². The second-order valence-corrected chi connectivity index (χ2v) is 6.90. The highest BCUT2D eigenvalue weighted by atomic mass is 32.1. The first-order valence-electron chi connectivity index (χ1n) is 9.14. The van der Waals surface area contributed by atoms with Crippen molar-refractivity contribution in [3.63, 3.8) is 0 Å². The smallest absolute Gasteiger partial charge is 0.263 e. The maximum atomic E-state index is 14.1. The molecule has 4 aromatic rings. The summed E-state index contributed by atoms with van der Waals surface area (Å²) in [5.74, 6) is -9.95. The zero-order chi connectivity index (χ0) is 23.7. The van der Waals surface area contributed by atoms with Crippen LogP contribution in [0.25, 0.3) is 22.7 Å². The van der Waals surface area contributed by atoms with Crippen molar-refractivity contribution in [1.82, 2.24) is 15.3 Å². The first-order chi connectivity index (χ1) is 15.8. The number of oxazole rings is 1. The summed E-state index contributed by atoms with van der Waals surface area (Å²) < 4.78 is 65.8. The number of benzene rings is 2. The molecule has 12 heteroatoms. The molecule has 0 saturated carbocycles. The summed E-state index contributed by atoms with van der Waals surface area (Å²) >= 11 is 4.94. The molecular weight excluding hydrogens is 464 g/mol. The Morgan fingerprint density at radius 1 is 1.03 bits per heavy atom. The van der Waals surface area contributed by atoms with Gasteiger partial charge in [0.15, 0.2) is 33.7 Å². The highest BCUT2D eigenvalue weighted by Gasteiger charge is 2.30. The summed E-state index contributed by atoms with van der Waals surface area (Å²) in [6.07, 6.45) is 1.59. The third-order valence-corrected chi connectivity index (χ3v) is 4.64. The molecule has 168 valence electrons. The standard InChI is InChI=1S/C21H12F4N4O3S/c1-31-17-15(24)13(22)12(14(23)16(17)25)19(30)29-21(33)27-10-6-4-9(5-7-10)20-28-18-11(32-20)3-2-8-26-18/h2-8H,1H3,(H2,27,29,30,33). The van der Waals surface area contributed by atoms with Crippen LogP contribution in [0.1, 0.15) is 10.4 Å². The van der Waals surface area contributed by atoms with E-state index in [4.69, 9.17) is 16.6 Å². The minimum Gasteiger partial charge on any atom is -0.491 e. The number of halogens is 4. The molecule has 33 heavy (non-hydrogen) atoms. The number of rotatable bonds is 4. The Labute approximate surface area is 188 Å². The van der Waals surface area contributed by atoms with Crippen LogP contribution in [-0.2, 0) is 0 Å². The molecule has 1 amide bonds. The van der Waals surface area contributed by atoms with Crippen molar-refractivity contribution in [1.29, 1.82) is 0 Å². The maximum Gasteiger partial charge on any atom is 0.263 e. The number of hydrogen-bond acceptors (Lipinski definition) is 6. The first kappa shape index (κ1) is 22.1. The van der Waals surface area contributed by atoms with Gasteiger partial charge in [-0.3, -0.25) is 10.1 Å². The zero-order valence-corrected chi connectivity index (χ0v) is 17.4. The lowest BCUT2D eigenvalue weighted by Crippen LogP contribution is -2.35. The molecule has 0 bridgehead atoms. The van der Waals surface area contributed by atoms with Gasteiger partial charge in [0, 0.05) is 17.4 Å². The van der Waals surface area contributed by atoms with Crippen molar-refractivity contribution in [2.24, 2.45) is 0 Å². The van der Waals surface area contributed by atoms with E-state index in [1.54, 1.807) is 42.6 Å². The van der Waals surface area contributed by atoms with Gasteiger partial charge in [0.05, 0.1) is 7.11 Å². The van der Waals surface area contributed by atoms with Gasteiger partial charge in [0.2, 0.25) is 17.5 Å². The van der Waals surface area contributed by atoms with Crippen molar-refractivity contribution < 1.29 is 31.5 Å². The van der Waals surface area contributed by atoms with Gasteiger partial charge in [-0.1, -0.05) is 0 Å². The summed E-state index contributed by atoms with van der Waals surface area (Å²) in [4.78, 5) is 20.6. The number of aromatic nitrogens is 2. The Kier molecular flexibility index (Phi) is 5.92. The lowest BCUT2D eigenvalue weighted by atomic mass is 10.1. The largest absolute Gasteiger partial charge is 0.491 e. The molecular formula is C21H12F4N4O3S. The van der Waals surface area contributed by atoms with Gasteiger partial charge < -0.3 is 14.5 Å². The van der Waals surface area contributed by atoms with Crippen LogP contribution in [0.15, 0.2) is 47.0 Å². The van der Waals surface area contributed by atoms with Gasteiger partial charge in [0.1, 0.15) is 5.56 Å². The van der Waals surface area contributed by atoms with E-state index in [0.29, 0.717) is 28.4 Å². The van der Waals surface area contributed by atoms with E-state index in [1.165, 1.54) is 0 Å². The van der Waals surface area contributed by atoms with E-state index in [0.717, 1.165) is 7.11 Å². The molecule has 0 unspecified atom stereocenters. The molecule has 0 fully saturated rings. The molecule has 0 aliphatic carbocycles. The molecule has 0 aliphatic heterocycles. The number of nitrogens with zero attached hydrogens (tertiary/aromatic N) is 2. The molecule has 2 N–H and O–H groups in total. The van der Waals surface area contributed by atoms with E-state index in [2.05, 4.69) is 20.0 Å². The Bertz CT molecular complexity index is 1330. The fourth-order valence-electron chi connectivity index (χ4n) is 2.91. The number of thiocarbonyl (C=S) groups is 1. The third kappa shape index (κ3) is 4.20. The van der Waals surface area contributed by atoms with E-state index < -0.39 is 40.5 Å². The van der Waals surface area contributed by atoms with E-state index in [9.17, 15) is 22.4 Å². The average molecular weight is 476 g/mol. The van der Waals surface area contributed by atoms with E-state index in [-0.39, 0.29) is 5.11 Å². The monoisotopic (exact) mass is 476 g/mol. The number of carbonyl (C=O) groups excluding carboxylic acids is 1. The summed E-state index contributed by atoms with van der Waals surface area (Å²) in [6.45, 7) is 0. The Morgan fingerprint density at radius 2 is 1.70 bits per heavy atom. The van der Waals surface area contributed by atoms with Gasteiger partial charge >= 0.3 is 0 Å². The predicted molar refractivity (Wildman–Crippen MR) is 114 cm³/mol. The number of ether oxygens (including phenoxy) is 1. The predicted octanol–water partition coefficient (Wildman–Crippen LogP) is 4.58. The average Bonchev–Trinajstić information content (AvgIpc) is 3.23. The van der Waals surface area contributed by atoms with Crippen molar-refractivity contribution >= 4 is 40.2 Å². The van der Waals surface area contributed by atoms with E-state index >= 15 is 0 Å². The highest BCUT2D eigenvalue weighted by Crippen LogP contribution is 2.30. The lowest BCUT2D eigenvalue weighted by molar-refractivity contribution is 0.0966. The summed E-state index contributed by atoms with van der Waals surface area (Å²) in [5.41, 5.74) is 0.511. The Hall–Kier alpha value is -4.06. The zero-order valence-electron chi connectivity index (χ0n) is 16.6. The number of fused-ring (bicyclic) bond motifs is 1. The van der Waals surface area contributed by atoms with Crippen LogP contribution in [0, 0.1) is 23.3 Å². The van der Waals surface area contributed by atoms with Gasteiger partial charge in [-0.25, -0.2) is 13.8 Å². The molecule has 0 radical (unpaired) electrons.